The number of hydrogen-bond donors (Lipinski definition) is 0. The summed E-state index contributed by atoms with van der Waals surface area (Å²) in [6.07, 6.45) is 3.69. The Hall–Kier alpha value is -1.97. The quantitative estimate of drug-likeness (QED) is 0.790. The van der Waals surface area contributed by atoms with Crippen LogP contribution in [0.1, 0.15) is 11.4 Å². The van der Waals surface area contributed by atoms with Gasteiger partial charge in [-0.2, -0.15) is 0 Å². The van der Waals surface area contributed by atoms with Crippen molar-refractivity contribution in [2.24, 2.45) is 0 Å². The SMILES string of the molecule is Cc1cc(-c2cnc(N(C)C)nc2)cc(C)n1. The molecule has 17 heavy (non-hydrogen) atoms. The summed E-state index contributed by atoms with van der Waals surface area (Å²) in [4.78, 5) is 14.9. The second-order valence-corrected chi connectivity index (χ2v) is 4.30. The lowest BCUT2D eigenvalue weighted by Crippen LogP contribution is -2.12. The number of aromatic nitrogens is 3. The second-order valence-electron chi connectivity index (χ2n) is 4.30. The zero-order chi connectivity index (χ0) is 12.4. The normalized spacial score (nSPS) is 10.4. The lowest BCUT2D eigenvalue weighted by molar-refractivity contribution is 0.999. The fourth-order valence-corrected chi connectivity index (χ4v) is 1.70. The Morgan fingerprint density at radius 1 is 0.882 bits per heavy atom. The van der Waals surface area contributed by atoms with Crippen molar-refractivity contribution >= 4 is 5.95 Å². The molecule has 0 aliphatic rings. The maximum Gasteiger partial charge on any atom is 0.224 e. The lowest BCUT2D eigenvalue weighted by Gasteiger charge is -2.10. The van der Waals surface area contributed by atoms with Crippen LogP contribution in [0.25, 0.3) is 11.1 Å². The smallest absolute Gasteiger partial charge is 0.224 e. The van der Waals surface area contributed by atoms with Gasteiger partial charge >= 0.3 is 0 Å². The van der Waals surface area contributed by atoms with Crippen LogP contribution >= 0.6 is 0 Å². The minimum Gasteiger partial charge on any atom is -0.347 e. The molecule has 0 spiro atoms. The maximum atomic E-state index is 4.36. The maximum absolute atomic E-state index is 4.36. The molecular formula is C13H16N4. The van der Waals surface area contributed by atoms with E-state index in [2.05, 4.69) is 15.0 Å². The average Bonchev–Trinajstić information content (AvgIpc) is 2.28. The van der Waals surface area contributed by atoms with E-state index in [1.54, 1.807) is 0 Å². The van der Waals surface area contributed by atoms with Crippen LogP contribution in [0.15, 0.2) is 24.5 Å². The van der Waals surface area contributed by atoms with Crippen LogP contribution in [-0.2, 0) is 0 Å². The van der Waals surface area contributed by atoms with Crippen molar-refractivity contribution in [1.82, 2.24) is 15.0 Å². The molecule has 4 nitrogen and oxygen atoms in total. The number of rotatable bonds is 2. The van der Waals surface area contributed by atoms with Gasteiger partial charge in [-0.1, -0.05) is 0 Å². The molecule has 0 aliphatic carbocycles. The third kappa shape index (κ3) is 2.58. The molecule has 2 heterocycles. The Labute approximate surface area is 101 Å². The standard InChI is InChI=1S/C13H16N4/c1-9-5-11(6-10(2)16-9)12-7-14-13(15-8-12)17(3)4/h5-8H,1-4H3. The minimum absolute atomic E-state index is 0.719. The Bertz CT molecular complexity index is 497. The number of hydrogen-bond acceptors (Lipinski definition) is 4. The lowest BCUT2D eigenvalue weighted by atomic mass is 10.1. The average molecular weight is 228 g/mol. The fourth-order valence-electron chi connectivity index (χ4n) is 1.70. The topological polar surface area (TPSA) is 41.9 Å². The van der Waals surface area contributed by atoms with E-state index in [-0.39, 0.29) is 0 Å². The molecule has 88 valence electrons. The highest BCUT2D eigenvalue weighted by Gasteiger charge is 2.03. The first-order valence-corrected chi connectivity index (χ1v) is 5.51. The highest BCUT2D eigenvalue weighted by atomic mass is 15.2. The summed E-state index contributed by atoms with van der Waals surface area (Å²) in [7, 11) is 3.85. The molecule has 0 radical (unpaired) electrons. The number of nitrogens with zero attached hydrogens (tertiary/aromatic N) is 4. The number of pyridine rings is 1. The fraction of sp³-hybridized carbons (Fsp3) is 0.308. The van der Waals surface area contributed by atoms with Crippen molar-refractivity contribution in [3.05, 3.63) is 35.9 Å². The molecule has 2 aromatic rings. The highest BCUT2D eigenvalue weighted by Crippen LogP contribution is 2.20. The van der Waals surface area contributed by atoms with Crippen molar-refractivity contribution in [2.75, 3.05) is 19.0 Å². The molecule has 0 unspecified atom stereocenters. The molecule has 0 aromatic carbocycles. The molecule has 2 rings (SSSR count). The molecule has 0 amide bonds. The summed E-state index contributed by atoms with van der Waals surface area (Å²) >= 11 is 0. The minimum atomic E-state index is 0.719. The summed E-state index contributed by atoms with van der Waals surface area (Å²) in [6.45, 7) is 3.98. The van der Waals surface area contributed by atoms with E-state index in [1.165, 1.54) is 0 Å². The molecule has 0 saturated heterocycles. The van der Waals surface area contributed by atoms with Gasteiger partial charge in [0.1, 0.15) is 0 Å². The third-order valence-corrected chi connectivity index (χ3v) is 2.45. The van der Waals surface area contributed by atoms with Gasteiger partial charge in [-0.15, -0.1) is 0 Å². The van der Waals surface area contributed by atoms with Gasteiger partial charge in [0.05, 0.1) is 0 Å². The van der Waals surface area contributed by atoms with Crippen molar-refractivity contribution in [3.8, 4) is 11.1 Å². The van der Waals surface area contributed by atoms with Crippen molar-refractivity contribution in [1.29, 1.82) is 0 Å². The van der Waals surface area contributed by atoms with E-state index >= 15 is 0 Å². The highest BCUT2D eigenvalue weighted by molar-refractivity contribution is 5.62. The van der Waals surface area contributed by atoms with Gasteiger partial charge in [0.15, 0.2) is 0 Å². The van der Waals surface area contributed by atoms with Crippen LogP contribution < -0.4 is 4.90 Å². The number of aryl methyl sites for hydroxylation is 2. The van der Waals surface area contributed by atoms with Crippen LogP contribution in [0.4, 0.5) is 5.95 Å². The summed E-state index contributed by atoms with van der Waals surface area (Å²) in [6, 6.07) is 4.09. The largest absolute Gasteiger partial charge is 0.347 e. The predicted octanol–water partition coefficient (Wildman–Crippen LogP) is 2.22. The first-order valence-electron chi connectivity index (χ1n) is 5.51. The van der Waals surface area contributed by atoms with Gasteiger partial charge in [0, 0.05) is 43.4 Å². The van der Waals surface area contributed by atoms with Crippen molar-refractivity contribution in [3.63, 3.8) is 0 Å². The first-order chi connectivity index (χ1) is 8.06. The van der Waals surface area contributed by atoms with Gasteiger partial charge in [0.25, 0.3) is 0 Å². The Morgan fingerprint density at radius 2 is 1.41 bits per heavy atom. The van der Waals surface area contributed by atoms with Gasteiger partial charge in [-0.25, -0.2) is 9.97 Å². The first kappa shape index (κ1) is 11.5. The molecular weight excluding hydrogens is 212 g/mol. The van der Waals surface area contributed by atoms with Crippen LogP contribution in [-0.4, -0.2) is 29.0 Å². The zero-order valence-electron chi connectivity index (χ0n) is 10.6. The molecule has 0 saturated carbocycles. The van der Waals surface area contributed by atoms with Crippen molar-refractivity contribution < 1.29 is 0 Å². The Kier molecular flexibility index (Phi) is 3.04. The molecule has 0 bridgehead atoms. The Morgan fingerprint density at radius 3 is 1.88 bits per heavy atom. The van der Waals surface area contributed by atoms with Gasteiger partial charge in [-0.05, 0) is 31.5 Å². The van der Waals surface area contributed by atoms with Crippen LogP contribution in [0.5, 0.6) is 0 Å². The third-order valence-electron chi connectivity index (χ3n) is 2.45. The van der Waals surface area contributed by atoms with E-state index in [4.69, 9.17) is 0 Å². The second kappa shape index (κ2) is 4.49. The van der Waals surface area contributed by atoms with Gasteiger partial charge in [-0.3, -0.25) is 4.98 Å². The van der Waals surface area contributed by atoms with E-state index in [1.807, 2.05) is 57.4 Å². The predicted molar refractivity (Wildman–Crippen MR) is 69.1 cm³/mol. The van der Waals surface area contributed by atoms with Crippen LogP contribution in [0.3, 0.4) is 0 Å². The summed E-state index contributed by atoms with van der Waals surface area (Å²) < 4.78 is 0. The zero-order valence-corrected chi connectivity index (χ0v) is 10.6. The van der Waals surface area contributed by atoms with E-state index < -0.39 is 0 Å². The molecule has 0 fully saturated rings. The van der Waals surface area contributed by atoms with Crippen molar-refractivity contribution in [2.45, 2.75) is 13.8 Å². The molecule has 4 heteroatoms. The van der Waals surface area contributed by atoms with E-state index in [0.29, 0.717) is 0 Å². The molecule has 0 atom stereocenters. The van der Waals surface area contributed by atoms with E-state index in [9.17, 15) is 0 Å². The molecule has 0 aliphatic heterocycles. The number of anilines is 1. The molecule has 0 N–H and O–H groups in total. The van der Waals surface area contributed by atoms with Gasteiger partial charge < -0.3 is 4.90 Å². The monoisotopic (exact) mass is 228 g/mol. The molecule has 2 aromatic heterocycles. The summed E-state index contributed by atoms with van der Waals surface area (Å²) in [5, 5.41) is 0. The van der Waals surface area contributed by atoms with Crippen LogP contribution in [0, 0.1) is 13.8 Å². The van der Waals surface area contributed by atoms with Crippen LogP contribution in [0.2, 0.25) is 0 Å². The summed E-state index contributed by atoms with van der Waals surface area (Å²) in [5.74, 6) is 0.719. The summed E-state index contributed by atoms with van der Waals surface area (Å²) in [5.41, 5.74) is 4.15. The Balaban J connectivity index is 2.39. The van der Waals surface area contributed by atoms with Gasteiger partial charge in [0.2, 0.25) is 5.95 Å². The van der Waals surface area contributed by atoms with E-state index in [0.717, 1.165) is 28.5 Å².